The van der Waals surface area contributed by atoms with E-state index in [0.29, 0.717) is 49.0 Å². The Balaban J connectivity index is 1.83. The molecule has 1 amide bonds. The van der Waals surface area contributed by atoms with Gasteiger partial charge >= 0.3 is 5.97 Å². The van der Waals surface area contributed by atoms with Gasteiger partial charge in [-0.15, -0.1) is 0 Å². The minimum Gasteiger partial charge on any atom is -0.481 e. The van der Waals surface area contributed by atoms with Gasteiger partial charge in [0, 0.05) is 18.7 Å². The predicted molar refractivity (Wildman–Crippen MR) is 155 cm³/mol. The lowest BCUT2D eigenvalue weighted by molar-refractivity contribution is -0.170. The molecule has 41 heavy (non-hydrogen) atoms. The minimum atomic E-state index is -1.89. The molecule has 1 aliphatic heterocycles. The summed E-state index contributed by atoms with van der Waals surface area (Å²) < 4.78 is 14.1. The van der Waals surface area contributed by atoms with Gasteiger partial charge < -0.3 is 20.6 Å². The number of anilines is 1. The van der Waals surface area contributed by atoms with Crippen LogP contribution < -0.4 is 5.32 Å². The first-order valence-electron chi connectivity index (χ1n) is 14.2. The number of aliphatic hydroxyl groups is 2. The fourth-order valence-electron chi connectivity index (χ4n) is 6.21. The Labute approximate surface area is 240 Å². The maximum atomic E-state index is 14.2. The Hall–Kier alpha value is -3.59. The van der Waals surface area contributed by atoms with Gasteiger partial charge in [0.05, 0.1) is 6.04 Å². The lowest BCUT2D eigenvalue weighted by Gasteiger charge is -2.42. The van der Waals surface area contributed by atoms with E-state index in [1.54, 1.807) is 65.6 Å². The Kier molecular flexibility index (Phi) is 9.58. The van der Waals surface area contributed by atoms with Crippen LogP contribution in [0.4, 0.5) is 10.1 Å². The molecule has 4 atom stereocenters. The van der Waals surface area contributed by atoms with Crippen molar-refractivity contribution in [1.82, 2.24) is 4.90 Å². The quantitative estimate of drug-likeness (QED) is 0.211. The van der Waals surface area contributed by atoms with Crippen molar-refractivity contribution in [2.45, 2.75) is 63.3 Å². The molecule has 7 nitrogen and oxygen atoms in total. The number of rotatable bonds is 12. The average Bonchev–Trinajstić information content (AvgIpc) is 3.16. The van der Waals surface area contributed by atoms with Crippen LogP contribution in [0.15, 0.2) is 84.9 Å². The van der Waals surface area contributed by atoms with E-state index in [9.17, 15) is 24.2 Å². The van der Waals surface area contributed by atoms with Crippen LogP contribution in [0.1, 0.15) is 63.1 Å². The summed E-state index contributed by atoms with van der Waals surface area (Å²) in [6.07, 6.45) is 2.64. The third-order valence-electron chi connectivity index (χ3n) is 8.17. The summed E-state index contributed by atoms with van der Waals surface area (Å²) in [5, 5.41) is 37.4. The van der Waals surface area contributed by atoms with Gasteiger partial charge in [0.2, 0.25) is 5.91 Å². The Morgan fingerprint density at radius 3 is 2.05 bits per heavy atom. The second kappa shape index (κ2) is 12.9. The highest BCUT2D eigenvalue weighted by atomic mass is 19.1. The number of nitrogens with zero attached hydrogens (tertiary/aromatic N) is 1. The summed E-state index contributed by atoms with van der Waals surface area (Å²) in [7, 11) is 0. The van der Waals surface area contributed by atoms with Crippen LogP contribution in [-0.4, -0.2) is 44.4 Å². The zero-order chi connectivity index (χ0) is 29.6. The molecule has 4 rings (SSSR count). The molecule has 1 saturated heterocycles. The van der Waals surface area contributed by atoms with E-state index in [-0.39, 0.29) is 6.42 Å². The van der Waals surface area contributed by atoms with Crippen LogP contribution >= 0.6 is 0 Å². The van der Waals surface area contributed by atoms with Gasteiger partial charge in [-0.05, 0) is 54.2 Å². The van der Waals surface area contributed by atoms with Gasteiger partial charge in [-0.3, -0.25) is 14.5 Å². The number of benzene rings is 3. The number of carboxylic acid groups (broad SMARTS) is 1. The first-order chi connectivity index (χ1) is 19.6. The largest absolute Gasteiger partial charge is 0.481 e. The highest BCUT2D eigenvalue weighted by Gasteiger charge is 2.70. The summed E-state index contributed by atoms with van der Waals surface area (Å²) in [6, 6.07) is 22.7. The monoisotopic (exact) mass is 562 g/mol. The first-order valence-corrected chi connectivity index (χ1v) is 14.2. The molecule has 1 heterocycles. The van der Waals surface area contributed by atoms with E-state index < -0.39 is 46.9 Å². The van der Waals surface area contributed by atoms with E-state index >= 15 is 0 Å². The van der Waals surface area contributed by atoms with Crippen molar-refractivity contribution in [1.29, 1.82) is 0 Å². The van der Waals surface area contributed by atoms with Crippen molar-refractivity contribution in [2.24, 2.45) is 11.8 Å². The Bertz CT molecular complexity index is 1300. The number of carbonyl (C=O) groups excluding carboxylic acids is 1. The van der Waals surface area contributed by atoms with Gasteiger partial charge in [-0.2, -0.15) is 0 Å². The van der Waals surface area contributed by atoms with Crippen LogP contribution in [0, 0.1) is 17.7 Å². The number of aliphatic carboxylic acids is 1. The second-order valence-corrected chi connectivity index (χ2v) is 11.1. The van der Waals surface area contributed by atoms with Crippen LogP contribution in [0.2, 0.25) is 0 Å². The van der Waals surface area contributed by atoms with Crippen LogP contribution in [-0.2, 0) is 15.2 Å². The van der Waals surface area contributed by atoms with Crippen molar-refractivity contribution in [3.8, 4) is 0 Å². The van der Waals surface area contributed by atoms with Gasteiger partial charge in [0.15, 0.2) is 0 Å². The number of unbranched alkanes of at least 4 members (excludes halogenated alkanes) is 3. The smallest absolute Gasteiger partial charge is 0.303 e. The molecular formula is C33H39FN2O5. The van der Waals surface area contributed by atoms with E-state index in [0.717, 1.165) is 0 Å². The average molecular weight is 563 g/mol. The zero-order valence-corrected chi connectivity index (χ0v) is 23.5. The number of para-hydroxylation sites is 1. The van der Waals surface area contributed by atoms with E-state index in [1.165, 1.54) is 12.1 Å². The summed E-state index contributed by atoms with van der Waals surface area (Å²) in [6.45, 7) is 3.97. The molecule has 1 fully saturated rings. The predicted octanol–water partition coefficient (Wildman–Crippen LogP) is 5.70. The van der Waals surface area contributed by atoms with Crippen LogP contribution in [0.5, 0.6) is 0 Å². The maximum absolute atomic E-state index is 14.2. The normalized spacial score (nSPS) is 24.4. The third kappa shape index (κ3) is 6.20. The molecule has 218 valence electrons. The SMILES string of the molecule is CC(C)C1(O)C(C(=O)Nc2ccccc2)C(O)(c2ccccc2)C(c2ccc(F)cc2)N1CCCCCCC(=O)O. The number of halogens is 1. The fourth-order valence-corrected chi connectivity index (χ4v) is 6.21. The first kappa shape index (κ1) is 30.4. The van der Waals surface area contributed by atoms with Crippen LogP contribution in [0.25, 0.3) is 0 Å². The Morgan fingerprint density at radius 1 is 0.878 bits per heavy atom. The minimum absolute atomic E-state index is 0.0906. The lowest BCUT2D eigenvalue weighted by Crippen LogP contribution is -2.57. The van der Waals surface area contributed by atoms with Crippen molar-refractivity contribution >= 4 is 17.6 Å². The molecule has 0 spiro atoms. The molecule has 0 saturated carbocycles. The molecule has 3 aromatic carbocycles. The molecule has 4 unspecified atom stereocenters. The van der Waals surface area contributed by atoms with Crippen LogP contribution in [0.3, 0.4) is 0 Å². The number of hydrogen-bond donors (Lipinski definition) is 4. The highest BCUT2D eigenvalue weighted by Crippen LogP contribution is 2.59. The highest BCUT2D eigenvalue weighted by molar-refractivity contribution is 5.95. The third-order valence-corrected chi connectivity index (χ3v) is 8.17. The number of likely N-dealkylation sites (tertiary alicyclic amines) is 1. The summed E-state index contributed by atoms with van der Waals surface area (Å²) in [4.78, 5) is 26.9. The lowest BCUT2D eigenvalue weighted by atomic mass is 9.71. The molecule has 3 aromatic rings. The fraction of sp³-hybridized carbons (Fsp3) is 0.394. The number of amides is 1. The summed E-state index contributed by atoms with van der Waals surface area (Å²) in [5.41, 5.74) is -2.11. The standard InChI is InChI=1S/C33H39FN2O5/c1-23(2)33(41)29(31(39)35-27-15-9-6-10-16-27)32(40,25-13-7-5-8-14-25)30(24-18-20-26(34)21-19-24)36(33)22-12-4-3-11-17-28(37)38/h5-10,13-16,18-21,23,29-30,40-41H,3-4,11-12,17,22H2,1-2H3,(H,35,39)(H,37,38). The molecule has 0 aromatic heterocycles. The number of carboxylic acids is 1. The van der Waals surface area contributed by atoms with Gasteiger partial charge in [-0.1, -0.05) is 87.4 Å². The molecule has 4 N–H and O–H groups in total. The number of nitrogens with one attached hydrogen (secondary N) is 1. The van der Waals surface area contributed by atoms with Crippen molar-refractivity contribution < 1.29 is 29.3 Å². The second-order valence-electron chi connectivity index (χ2n) is 11.1. The molecule has 0 bridgehead atoms. The molecule has 8 heteroatoms. The molecule has 0 radical (unpaired) electrons. The van der Waals surface area contributed by atoms with Gasteiger partial charge in [0.1, 0.15) is 23.1 Å². The van der Waals surface area contributed by atoms with Crippen molar-refractivity contribution in [3.63, 3.8) is 0 Å². The maximum Gasteiger partial charge on any atom is 0.303 e. The Morgan fingerprint density at radius 2 is 1.46 bits per heavy atom. The topological polar surface area (TPSA) is 110 Å². The number of carbonyl (C=O) groups is 2. The summed E-state index contributed by atoms with van der Waals surface area (Å²) >= 11 is 0. The van der Waals surface area contributed by atoms with Gasteiger partial charge in [-0.25, -0.2) is 4.39 Å². The van der Waals surface area contributed by atoms with Gasteiger partial charge in [0.25, 0.3) is 0 Å². The zero-order valence-electron chi connectivity index (χ0n) is 23.5. The molecule has 0 aliphatic carbocycles. The van der Waals surface area contributed by atoms with Crippen molar-refractivity contribution in [3.05, 3.63) is 102 Å². The number of hydrogen-bond acceptors (Lipinski definition) is 5. The summed E-state index contributed by atoms with van der Waals surface area (Å²) in [5.74, 6) is -3.61. The molecular weight excluding hydrogens is 523 g/mol. The van der Waals surface area contributed by atoms with E-state index in [1.807, 2.05) is 26.0 Å². The van der Waals surface area contributed by atoms with E-state index in [4.69, 9.17) is 5.11 Å². The molecule has 1 aliphatic rings. The van der Waals surface area contributed by atoms with Crippen molar-refractivity contribution in [2.75, 3.05) is 11.9 Å². The van der Waals surface area contributed by atoms with E-state index in [2.05, 4.69) is 5.32 Å².